The van der Waals surface area contributed by atoms with E-state index in [1.807, 2.05) is 18.2 Å². The molecule has 0 aliphatic carbocycles. The zero-order chi connectivity index (χ0) is 14.4. The lowest BCUT2D eigenvalue weighted by Gasteiger charge is -2.16. The van der Waals surface area contributed by atoms with Crippen molar-refractivity contribution < 1.29 is 9.53 Å². The van der Waals surface area contributed by atoms with E-state index in [9.17, 15) is 4.79 Å². The summed E-state index contributed by atoms with van der Waals surface area (Å²) in [7, 11) is 0. The zero-order valence-corrected chi connectivity index (χ0v) is 13.4. The molecule has 2 nitrogen and oxygen atoms in total. The summed E-state index contributed by atoms with van der Waals surface area (Å²) in [6.45, 7) is 9.66. The Morgan fingerprint density at radius 3 is 2.63 bits per heavy atom. The Morgan fingerprint density at radius 1 is 1.42 bits per heavy atom. The molecule has 0 saturated carbocycles. The van der Waals surface area contributed by atoms with Gasteiger partial charge in [-0.3, -0.25) is 4.79 Å². The molecule has 0 aromatic heterocycles. The van der Waals surface area contributed by atoms with Crippen LogP contribution in [0.4, 0.5) is 0 Å². The highest BCUT2D eigenvalue weighted by Crippen LogP contribution is 2.29. The summed E-state index contributed by atoms with van der Waals surface area (Å²) in [4.78, 5) is 12.6. The lowest BCUT2D eigenvalue weighted by molar-refractivity contribution is 0.0906. The third-order valence-corrected chi connectivity index (χ3v) is 3.49. The van der Waals surface area contributed by atoms with Crippen molar-refractivity contribution in [2.24, 2.45) is 5.92 Å². The Labute approximate surface area is 124 Å². The Kier molecular flexibility index (Phi) is 6.29. The number of carbonyl (C=O) groups is 1. The van der Waals surface area contributed by atoms with E-state index in [4.69, 9.17) is 4.74 Å². The number of hydrogen-bond donors (Lipinski definition) is 0. The van der Waals surface area contributed by atoms with Crippen molar-refractivity contribution in [1.29, 1.82) is 0 Å². The molecule has 0 fully saturated rings. The minimum atomic E-state index is 0.0682. The molecule has 3 heteroatoms. The first kappa shape index (κ1) is 16.0. The molecule has 1 rings (SSSR count). The van der Waals surface area contributed by atoms with E-state index in [-0.39, 0.29) is 11.7 Å². The molecular weight excluding hydrogens is 304 g/mol. The number of ether oxygens (including phenoxy) is 1. The average Bonchev–Trinajstić information content (AvgIpc) is 2.34. The minimum Gasteiger partial charge on any atom is -0.462 e. The number of allylic oxidation sites excluding steroid dienone is 1. The van der Waals surface area contributed by atoms with Gasteiger partial charge in [-0.15, -0.1) is 0 Å². The summed E-state index contributed by atoms with van der Waals surface area (Å²) in [5, 5.41) is 0. The summed E-state index contributed by atoms with van der Waals surface area (Å²) in [5.41, 5.74) is 0.645. The molecule has 0 bridgehead atoms. The van der Waals surface area contributed by atoms with Crippen LogP contribution in [0.25, 0.3) is 0 Å². The lowest BCUT2D eigenvalue weighted by Crippen LogP contribution is -2.15. The Bertz CT molecular complexity index is 466. The molecular formula is C16H21BrO2. The summed E-state index contributed by atoms with van der Waals surface area (Å²) in [6, 6.07) is 5.51. The van der Waals surface area contributed by atoms with Crippen LogP contribution in [0.3, 0.4) is 0 Å². The predicted octanol–water partition coefficient (Wildman–Crippen LogP) is 5.37. The second kappa shape index (κ2) is 7.49. The number of ketones is 1. The smallest absolute Gasteiger partial charge is 0.169 e. The monoisotopic (exact) mass is 324 g/mol. The highest BCUT2D eigenvalue weighted by atomic mass is 79.9. The molecule has 1 aromatic rings. The fourth-order valence-corrected chi connectivity index (χ4v) is 2.40. The first-order valence-electron chi connectivity index (χ1n) is 6.66. The fourth-order valence-electron chi connectivity index (χ4n) is 2.06. The maximum atomic E-state index is 12.6. The van der Waals surface area contributed by atoms with Crippen LogP contribution in [-0.4, -0.2) is 5.78 Å². The van der Waals surface area contributed by atoms with Crippen LogP contribution in [0.15, 0.2) is 35.0 Å². The predicted molar refractivity (Wildman–Crippen MR) is 82.6 cm³/mol. The van der Waals surface area contributed by atoms with Gasteiger partial charge in [-0.1, -0.05) is 42.8 Å². The Balaban J connectivity index is 3.10. The van der Waals surface area contributed by atoms with Gasteiger partial charge in [0.15, 0.2) is 5.78 Å². The molecule has 0 amide bonds. The number of hydrogen-bond acceptors (Lipinski definition) is 2. The van der Waals surface area contributed by atoms with Crippen molar-refractivity contribution in [3.63, 3.8) is 0 Å². The molecule has 1 aromatic carbocycles. The maximum Gasteiger partial charge on any atom is 0.169 e. The molecule has 19 heavy (non-hydrogen) atoms. The fraction of sp³-hybridized carbons (Fsp3) is 0.438. The highest BCUT2D eigenvalue weighted by Gasteiger charge is 2.21. The molecule has 0 saturated heterocycles. The van der Waals surface area contributed by atoms with Crippen LogP contribution in [-0.2, 0) is 0 Å². The van der Waals surface area contributed by atoms with Crippen LogP contribution < -0.4 is 4.74 Å². The normalized spacial score (nSPS) is 12.0. The van der Waals surface area contributed by atoms with Gasteiger partial charge in [-0.25, -0.2) is 0 Å². The van der Waals surface area contributed by atoms with Crippen LogP contribution >= 0.6 is 15.9 Å². The molecule has 1 atom stereocenters. The molecule has 0 aliphatic heterocycles. The van der Waals surface area contributed by atoms with Gasteiger partial charge in [0.2, 0.25) is 0 Å². The number of rotatable bonds is 7. The van der Waals surface area contributed by atoms with E-state index in [2.05, 4.69) is 36.4 Å². The van der Waals surface area contributed by atoms with Crippen LogP contribution in [0, 0.1) is 5.92 Å². The van der Waals surface area contributed by atoms with E-state index < -0.39 is 0 Å². The van der Waals surface area contributed by atoms with Gasteiger partial charge in [-0.2, -0.15) is 0 Å². The Morgan fingerprint density at radius 2 is 2.11 bits per heavy atom. The topological polar surface area (TPSA) is 26.3 Å². The van der Waals surface area contributed by atoms with Crippen LogP contribution in [0.2, 0.25) is 0 Å². The van der Waals surface area contributed by atoms with Gasteiger partial charge in [0, 0.05) is 10.4 Å². The molecule has 0 radical (unpaired) electrons. The van der Waals surface area contributed by atoms with E-state index in [1.165, 1.54) is 0 Å². The highest BCUT2D eigenvalue weighted by molar-refractivity contribution is 9.10. The number of Topliss-reactive ketones (excluding diaryl/α,β-unsaturated/α-hetero) is 1. The van der Waals surface area contributed by atoms with Gasteiger partial charge >= 0.3 is 0 Å². The van der Waals surface area contributed by atoms with Crippen molar-refractivity contribution >= 4 is 21.7 Å². The molecule has 104 valence electrons. The third kappa shape index (κ3) is 4.50. The molecule has 0 N–H and O–H groups in total. The SMILES string of the molecule is C=C(C)Oc1cc(Br)ccc1C(=O)C(CC)CCC. The minimum absolute atomic E-state index is 0.0682. The van der Waals surface area contributed by atoms with E-state index in [0.717, 1.165) is 23.7 Å². The number of carbonyl (C=O) groups excluding carboxylic acids is 1. The van der Waals surface area contributed by atoms with Gasteiger partial charge in [0.1, 0.15) is 5.75 Å². The summed E-state index contributed by atoms with van der Waals surface area (Å²) in [5.74, 6) is 1.39. The van der Waals surface area contributed by atoms with Crippen molar-refractivity contribution in [2.45, 2.75) is 40.0 Å². The van der Waals surface area contributed by atoms with Crippen molar-refractivity contribution in [3.05, 3.63) is 40.6 Å². The van der Waals surface area contributed by atoms with Crippen LogP contribution in [0.1, 0.15) is 50.4 Å². The second-order valence-corrected chi connectivity index (χ2v) is 5.62. The van der Waals surface area contributed by atoms with E-state index in [0.29, 0.717) is 17.1 Å². The average molecular weight is 325 g/mol. The Hall–Kier alpha value is -1.09. The van der Waals surface area contributed by atoms with E-state index in [1.54, 1.807) is 6.92 Å². The van der Waals surface area contributed by atoms with Crippen molar-refractivity contribution in [3.8, 4) is 5.75 Å². The van der Waals surface area contributed by atoms with Gasteiger partial charge in [0.25, 0.3) is 0 Å². The zero-order valence-electron chi connectivity index (χ0n) is 11.8. The van der Waals surface area contributed by atoms with E-state index >= 15 is 0 Å². The summed E-state index contributed by atoms with van der Waals surface area (Å²) in [6.07, 6.45) is 2.78. The molecule has 0 spiro atoms. The lowest BCUT2D eigenvalue weighted by atomic mass is 9.91. The summed E-state index contributed by atoms with van der Waals surface area (Å²) < 4.78 is 6.47. The van der Waals surface area contributed by atoms with Crippen molar-refractivity contribution in [2.75, 3.05) is 0 Å². The first-order valence-corrected chi connectivity index (χ1v) is 7.46. The molecule has 0 aliphatic rings. The first-order chi connectivity index (χ1) is 8.99. The van der Waals surface area contributed by atoms with Crippen LogP contribution in [0.5, 0.6) is 5.75 Å². The molecule has 0 heterocycles. The second-order valence-electron chi connectivity index (χ2n) is 4.70. The summed E-state index contributed by atoms with van der Waals surface area (Å²) >= 11 is 3.40. The standard InChI is InChI=1S/C16H21BrO2/c1-5-7-12(6-2)16(18)14-9-8-13(17)10-15(14)19-11(3)4/h8-10,12H,3,5-7H2,1-2,4H3. The van der Waals surface area contributed by atoms with Gasteiger partial charge < -0.3 is 4.74 Å². The number of benzene rings is 1. The largest absolute Gasteiger partial charge is 0.462 e. The van der Waals surface area contributed by atoms with Gasteiger partial charge in [0.05, 0.1) is 11.3 Å². The van der Waals surface area contributed by atoms with Gasteiger partial charge in [-0.05, 0) is 38.0 Å². The quantitative estimate of drug-likeness (QED) is 0.497. The third-order valence-electron chi connectivity index (χ3n) is 2.99. The number of halogens is 1. The molecule has 1 unspecified atom stereocenters. The maximum absolute atomic E-state index is 12.6. The van der Waals surface area contributed by atoms with Crippen molar-refractivity contribution in [1.82, 2.24) is 0 Å².